The molecule has 0 bridgehead atoms. The summed E-state index contributed by atoms with van der Waals surface area (Å²) in [5, 5.41) is 7.75. The summed E-state index contributed by atoms with van der Waals surface area (Å²) in [7, 11) is 0. The van der Waals surface area contributed by atoms with Crippen LogP contribution < -0.4 is 5.73 Å². The maximum absolute atomic E-state index is 5.86. The number of nitrogens with one attached hydrogen (secondary N) is 1. The van der Waals surface area contributed by atoms with E-state index in [1.54, 1.807) is 0 Å². The topological polar surface area (TPSA) is 54.7 Å². The minimum absolute atomic E-state index is 0.312. The number of nitrogen functional groups attached to an aromatic ring is 1. The van der Waals surface area contributed by atoms with Crippen LogP contribution in [-0.4, -0.2) is 10.2 Å². The highest BCUT2D eigenvalue weighted by molar-refractivity contribution is 5.45. The average molecular weight is 241 g/mol. The van der Waals surface area contributed by atoms with Gasteiger partial charge in [-0.2, -0.15) is 5.10 Å². The maximum Gasteiger partial charge on any atom is 0.0728 e. The highest BCUT2D eigenvalue weighted by atomic mass is 15.1. The Kier molecular flexibility index (Phi) is 2.82. The van der Waals surface area contributed by atoms with Gasteiger partial charge in [0.2, 0.25) is 0 Å². The smallest absolute Gasteiger partial charge is 0.0728 e. The number of aromatic nitrogens is 2. The lowest BCUT2D eigenvalue weighted by Crippen LogP contribution is -2.05. The Hall–Kier alpha value is -1.77. The molecule has 3 N–H and O–H groups in total. The van der Waals surface area contributed by atoms with Gasteiger partial charge in [0, 0.05) is 17.3 Å². The number of rotatable bonds is 2. The lowest BCUT2D eigenvalue weighted by atomic mass is 9.89. The molecule has 0 radical (unpaired) electrons. The van der Waals surface area contributed by atoms with Crippen molar-refractivity contribution in [3.63, 3.8) is 0 Å². The molecule has 1 unspecified atom stereocenters. The number of aryl methyl sites for hydroxylation is 1. The summed E-state index contributed by atoms with van der Waals surface area (Å²) in [5.41, 5.74) is 11.9. The molecule has 18 heavy (non-hydrogen) atoms. The zero-order valence-corrected chi connectivity index (χ0v) is 10.7. The molecule has 1 aliphatic carbocycles. The van der Waals surface area contributed by atoms with Crippen molar-refractivity contribution in [2.75, 3.05) is 5.73 Å². The minimum atomic E-state index is 0.312. The van der Waals surface area contributed by atoms with Crippen LogP contribution in [0.4, 0.5) is 5.69 Å². The number of nitrogens with two attached hydrogens (primary N) is 1. The van der Waals surface area contributed by atoms with Crippen LogP contribution in [-0.2, 0) is 12.8 Å². The molecule has 2 aromatic rings. The van der Waals surface area contributed by atoms with E-state index in [0.29, 0.717) is 5.92 Å². The van der Waals surface area contributed by atoms with Crippen molar-refractivity contribution in [1.29, 1.82) is 0 Å². The highest BCUT2D eigenvalue weighted by Crippen LogP contribution is 2.31. The lowest BCUT2D eigenvalue weighted by Gasteiger charge is -2.15. The van der Waals surface area contributed by atoms with E-state index in [4.69, 9.17) is 5.73 Å². The van der Waals surface area contributed by atoms with E-state index in [-0.39, 0.29) is 0 Å². The number of aromatic amines is 1. The molecule has 0 amide bonds. The summed E-state index contributed by atoms with van der Waals surface area (Å²) in [4.78, 5) is 0. The van der Waals surface area contributed by atoms with Crippen molar-refractivity contribution in [3.8, 4) is 0 Å². The molecule has 1 aromatic heterocycles. The van der Waals surface area contributed by atoms with Gasteiger partial charge in [-0.1, -0.05) is 19.1 Å². The third-order valence-corrected chi connectivity index (χ3v) is 3.91. The van der Waals surface area contributed by atoms with Gasteiger partial charge in [-0.15, -0.1) is 0 Å². The molecule has 1 atom stereocenters. The van der Waals surface area contributed by atoms with Gasteiger partial charge in [-0.05, 0) is 48.9 Å². The number of anilines is 1. The molecule has 1 heterocycles. The van der Waals surface area contributed by atoms with Crippen LogP contribution in [0, 0.1) is 0 Å². The van der Waals surface area contributed by atoms with Crippen LogP contribution in [0.15, 0.2) is 24.3 Å². The average Bonchev–Trinajstić information content (AvgIpc) is 2.82. The van der Waals surface area contributed by atoms with E-state index < -0.39 is 0 Å². The van der Waals surface area contributed by atoms with Gasteiger partial charge in [-0.3, -0.25) is 5.10 Å². The van der Waals surface area contributed by atoms with Crippen LogP contribution in [0.5, 0.6) is 0 Å². The van der Waals surface area contributed by atoms with E-state index in [2.05, 4.69) is 29.3 Å². The first-order valence-corrected chi connectivity index (χ1v) is 6.67. The van der Waals surface area contributed by atoms with Crippen LogP contribution in [0.25, 0.3) is 0 Å². The molecule has 0 aliphatic heterocycles. The Balaban J connectivity index is 1.97. The molecule has 0 spiro atoms. The zero-order valence-electron chi connectivity index (χ0n) is 10.7. The van der Waals surface area contributed by atoms with Crippen molar-refractivity contribution in [3.05, 3.63) is 46.8 Å². The van der Waals surface area contributed by atoms with Gasteiger partial charge >= 0.3 is 0 Å². The fourth-order valence-electron chi connectivity index (χ4n) is 2.85. The van der Waals surface area contributed by atoms with Crippen molar-refractivity contribution >= 4 is 5.69 Å². The molecule has 1 aliphatic rings. The Labute approximate surface area is 107 Å². The van der Waals surface area contributed by atoms with Gasteiger partial charge < -0.3 is 5.73 Å². The number of nitrogens with zero attached hydrogens (tertiary/aromatic N) is 1. The maximum atomic E-state index is 5.86. The fourth-order valence-corrected chi connectivity index (χ4v) is 2.85. The molecule has 3 rings (SSSR count). The largest absolute Gasteiger partial charge is 0.399 e. The monoisotopic (exact) mass is 241 g/mol. The highest BCUT2D eigenvalue weighted by Gasteiger charge is 2.21. The number of hydrogen-bond donors (Lipinski definition) is 2. The molecule has 3 heteroatoms. The standard InChI is InChI=1S/C15H19N3/c1-10(11-5-4-6-12(16)9-11)15-13-7-2-3-8-14(13)17-18-15/h4-6,9-10H,2-3,7-8,16H2,1H3,(H,17,18). The first kappa shape index (κ1) is 11.3. The van der Waals surface area contributed by atoms with Gasteiger partial charge in [0.1, 0.15) is 0 Å². The fraction of sp³-hybridized carbons (Fsp3) is 0.400. The van der Waals surface area contributed by atoms with E-state index in [0.717, 1.165) is 18.5 Å². The minimum Gasteiger partial charge on any atom is -0.399 e. The third kappa shape index (κ3) is 1.90. The van der Waals surface area contributed by atoms with Crippen molar-refractivity contribution in [2.24, 2.45) is 0 Å². The normalized spacial score (nSPS) is 16.3. The van der Waals surface area contributed by atoms with Crippen molar-refractivity contribution < 1.29 is 0 Å². The second kappa shape index (κ2) is 4.48. The first-order chi connectivity index (χ1) is 8.75. The summed E-state index contributed by atoms with van der Waals surface area (Å²) in [6, 6.07) is 8.12. The van der Waals surface area contributed by atoms with E-state index >= 15 is 0 Å². The third-order valence-electron chi connectivity index (χ3n) is 3.91. The number of H-pyrrole nitrogens is 1. The SMILES string of the molecule is CC(c1cccc(N)c1)c1n[nH]c2c1CCCC2. The van der Waals surface area contributed by atoms with Crippen LogP contribution in [0.2, 0.25) is 0 Å². The van der Waals surface area contributed by atoms with E-state index in [1.807, 2.05) is 12.1 Å². The van der Waals surface area contributed by atoms with Gasteiger partial charge in [-0.25, -0.2) is 0 Å². The summed E-state index contributed by atoms with van der Waals surface area (Å²) in [6.07, 6.45) is 4.87. The molecule has 1 aromatic carbocycles. The second-order valence-electron chi connectivity index (χ2n) is 5.16. The molecule has 0 saturated carbocycles. The van der Waals surface area contributed by atoms with Gasteiger partial charge in [0.05, 0.1) is 5.69 Å². The Bertz CT molecular complexity index is 557. The molecule has 0 saturated heterocycles. The van der Waals surface area contributed by atoms with E-state index in [1.165, 1.54) is 35.4 Å². The first-order valence-electron chi connectivity index (χ1n) is 6.67. The summed E-state index contributed by atoms with van der Waals surface area (Å²) >= 11 is 0. The predicted octanol–water partition coefficient (Wildman–Crippen LogP) is 3.02. The molecule has 0 fully saturated rings. The Morgan fingerprint density at radius 1 is 1.28 bits per heavy atom. The Morgan fingerprint density at radius 2 is 2.11 bits per heavy atom. The van der Waals surface area contributed by atoms with E-state index in [9.17, 15) is 0 Å². The molecule has 94 valence electrons. The van der Waals surface area contributed by atoms with Gasteiger partial charge in [0.25, 0.3) is 0 Å². The lowest BCUT2D eigenvalue weighted by molar-refractivity contribution is 0.670. The Morgan fingerprint density at radius 3 is 2.94 bits per heavy atom. The van der Waals surface area contributed by atoms with Crippen molar-refractivity contribution in [2.45, 2.75) is 38.5 Å². The van der Waals surface area contributed by atoms with Gasteiger partial charge in [0.15, 0.2) is 0 Å². The van der Waals surface area contributed by atoms with Crippen LogP contribution in [0.3, 0.4) is 0 Å². The predicted molar refractivity (Wildman–Crippen MR) is 73.6 cm³/mol. The summed E-state index contributed by atoms with van der Waals surface area (Å²) < 4.78 is 0. The van der Waals surface area contributed by atoms with Crippen LogP contribution >= 0.6 is 0 Å². The number of benzene rings is 1. The summed E-state index contributed by atoms with van der Waals surface area (Å²) in [5.74, 6) is 0.312. The second-order valence-corrected chi connectivity index (χ2v) is 5.16. The summed E-state index contributed by atoms with van der Waals surface area (Å²) in [6.45, 7) is 2.21. The number of fused-ring (bicyclic) bond motifs is 1. The van der Waals surface area contributed by atoms with Crippen molar-refractivity contribution in [1.82, 2.24) is 10.2 Å². The molecular weight excluding hydrogens is 222 g/mol. The van der Waals surface area contributed by atoms with Crippen LogP contribution in [0.1, 0.15) is 48.2 Å². The number of hydrogen-bond acceptors (Lipinski definition) is 2. The molecule has 3 nitrogen and oxygen atoms in total. The quantitative estimate of drug-likeness (QED) is 0.794. The molecular formula is C15H19N3. The zero-order chi connectivity index (χ0) is 12.5.